The Balaban J connectivity index is 1.85. The van der Waals surface area contributed by atoms with E-state index in [9.17, 15) is 18.3 Å². The maximum Gasteiger partial charge on any atom is 0.416 e. The van der Waals surface area contributed by atoms with Crippen molar-refractivity contribution in [2.75, 3.05) is 4.90 Å². The molecular weight excluding hydrogens is 353 g/mol. The third-order valence-corrected chi connectivity index (χ3v) is 4.42. The number of amidine groups is 1. The summed E-state index contributed by atoms with van der Waals surface area (Å²) < 4.78 is 38.6. The molecule has 0 amide bonds. The summed E-state index contributed by atoms with van der Waals surface area (Å²) in [7, 11) is 0. The SMILES string of the molecule is OC1c2ccccc2N=C(c2ccc(C(F)(F)F)cc2)N1c1ccccc1. The van der Waals surface area contributed by atoms with E-state index in [1.165, 1.54) is 12.1 Å². The Morgan fingerprint density at radius 3 is 2.11 bits per heavy atom. The van der Waals surface area contributed by atoms with Crippen LogP contribution in [0, 0.1) is 0 Å². The lowest BCUT2D eigenvalue weighted by Gasteiger charge is -2.35. The van der Waals surface area contributed by atoms with Gasteiger partial charge in [-0.15, -0.1) is 0 Å². The molecule has 3 nitrogen and oxygen atoms in total. The molecule has 1 atom stereocenters. The van der Waals surface area contributed by atoms with Gasteiger partial charge in [-0.2, -0.15) is 13.2 Å². The number of alkyl halides is 3. The Bertz CT molecular complexity index is 982. The molecule has 4 rings (SSSR count). The number of aliphatic hydroxyl groups is 1. The molecular formula is C21H15F3N2O. The van der Waals surface area contributed by atoms with Crippen LogP contribution in [0.4, 0.5) is 24.5 Å². The van der Waals surface area contributed by atoms with Crippen LogP contribution in [0.25, 0.3) is 0 Å². The predicted molar refractivity (Wildman–Crippen MR) is 98.0 cm³/mol. The summed E-state index contributed by atoms with van der Waals surface area (Å²) in [4.78, 5) is 6.23. The Morgan fingerprint density at radius 2 is 1.44 bits per heavy atom. The first kappa shape index (κ1) is 17.3. The predicted octanol–water partition coefficient (Wildman–Crippen LogP) is 5.29. The summed E-state index contributed by atoms with van der Waals surface area (Å²) in [5.74, 6) is 0.390. The van der Waals surface area contributed by atoms with Crippen molar-refractivity contribution >= 4 is 17.2 Å². The Morgan fingerprint density at radius 1 is 0.815 bits per heavy atom. The van der Waals surface area contributed by atoms with E-state index in [1.807, 2.05) is 36.4 Å². The number of fused-ring (bicyclic) bond motifs is 1. The highest BCUT2D eigenvalue weighted by molar-refractivity contribution is 6.12. The average Bonchev–Trinajstić information content (AvgIpc) is 2.68. The third kappa shape index (κ3) is 3.19. The van der Waals surface area contributed by atoms with Gasteiger partial charge in [-0.25, -0.2) is 4.99 Å². The van der Waals surface area contributed by atoms with E-state index in [0.717, 1.165) is 12.1 Å². The number of nitrogens with zero attached hydrogens (tertiary/aromatic N) is 2. The van der Waals surface area contributed by atoms with Gasteiger partial charge in [-0.05, 0) is 30.3 Å². The summed E-state index contributed by atoms with van der Waals surface area (Å²) >= 11 is 0. The first-order valence-corrected chi connectivity index (χ1v) is 8.33. The van der Waals surface area contributed by atoms with E-state index in [2.05, 4.69) is 4.99 Å². The Kier molecular flexibility index (Phi) is 4.20. The monoisotopic (exact) mass is 368 g/mol. The molecule has 0 aliphatic carbocycles. The molecule has 1 unspecified atom stereocenters. The summed E-state index contributed by atoms with van der Waals surface area (Å²) in [6.07, 6.45) is -5.41. The molecule has 6 heteroatoms. The lowest BCUT2D eigenvalue weighted by atomic mass is 10.0. The highest BCUT2D eigenvalue weighted by Gasteiger charge is 2.32. The Hall–Kier alpha value is -3.12. The number of hydrogen-bond donors (Lipinski definition) is 1. The molecule has 3 aromatic carbocycles. The highest BCUT2D eigenvalue weighted by atomic mass is 19.4. The molecule has 1 aliphatic rings. The molecule has 1 heterocycles. The van der Waals surface area contributed by atoms with E-state index in [-0.39, 0.29) is 0 Å². The van der Waals surface area contributed by atoms with Crippen molar-refractivity contribution in [1.82, 2.24) is 0 Å². The number of halogens is 3. The number of rotatable bonds is 2. The first-order valence-electron chi connectivity index (χ1n) is 8.33. The van der Waals surface area contributed by atoms with E-state index in [1.54, 1.807) is 23.1 Å². The maximum atomic E-state index is 12.9. The normalized spacial score (nSPS) is 16.7. The number of hydrogen-bond acceptors (Lipinski definition) is 3. The zero-order valence-corrected chi connectivity index (χ0v) is 14.1. The standard InChI is InChI=1S/C21H15F3N2O/c22-21(23,24)15-12-10-14(11-13-15)19-25-18-9-5-4-8-17(18)20(27)26(19)16-6-2-1-3-7-16/h1-13,20,27H. The average molecular weight is 368 g/mol. The second-order valence-electron chi connectivity index (χ2n) is 6.15. The van der Waals surface area contributed by atoms with E-state index >= 15 is 0 Å². The van der Waals surface area contributed by atoms with Crippen LogP contribution in [0.15, 0.2) is 83.9 Å². The lowest BCUT2D eigenvalue weighted by Crippen LogP contribution is -2.37. The molecule has 0 bridgehead atoms. The van der Waals surface area contributed by atoms with Gasteiger partial charge in [-0.3, -0.25) is 4.90 Å². The Labute approximate surface area is 154 Å². The summed E-state index contributed by atoms with van der Waals surface area (Å²) in [5, 5.41) is 11.0. The number of anilines is 1. The number of aliphatic hydroxyl groups excluding tert-OH is 1. The van der Waals surface area contributed by atoms with Gasteiger partial charge in [0.15, 0.2) is 6.23 Å². The van der Waals surface area contributed by atoms with Crippen molar-refractivity contribution in [3.63, 3.8) is 0 Å². The topological polar surface area (TPSA) is 35.8 Å². The van der Waals surface area contributed by atoms with Gasteiger partial charge in [0.05, 0.1) is 11.3 Å². The number of aliphatic imine (C=N–C) groups is 1. The van der Waals surface area contributed by atoms with Gasteiger partial charge in [0.1, 0.15) is 5.84 Å². The summed E-state index contributed by atoms with van der Waals surface area (Å²) in [5.41, 5.74) is 1.68. The minimum absolute atomic E-state index is 0.390. The van der Waals surface area contributed by atoms with Gasteiger partial charge in [0.25, 0.3) is 0 Å². The van der Waals surface area contributed by atoms with Crippen molar-refractivity contribution in [1.29, 1.82) is 0 Å². The van der Waals surface area contributed by atoms with Crippen molar-refractivity contribution < 1.29 is 18.3 Å². The molecule has 0 saturated carbocycles. The van der Waals surface area contributed by atoms with Gasteiger partial charge < -0.3 is 5.11 Å². The van der Waals surface area contributed by atoms with Crippen LogP contribution >= 0.6 is 0 Å². The van der Waals surface area contributed by atoms with Crippen LogP contribution in [0.2, 0.25) is 0 Å². The molecule has 1 aliphatic heterocycles. The molecule has 0 spiro atoms. The zero-order chi connectivity index (χ0) is 19.0. The smallest absolute Gasteiger partial charge is 0.369 e. The van der Waals surface area contributed by atoms with Crippen molar-refractivity contribution in [2.45, 2.75) is 12.4 Å². The minimum atomic E-state index is -4.40. The fourth-order valence-corrected chi connectivity index (χ4v) is 3.09. The van der Waals surface area contributed by atoms with Crippen LogP contribution in [-0.2, 0) is 6.18 Å². The summed E-state index contributed by atoms with van der Waals surface area (Å²) in [6, 6.07) is 21.1. The van der Waals surface area contributed by atoms with Gasteiger partial charge in [0.2, 0.25) is 0 Å². The van der Waals surface area contributed by atoms with E-state index in [0.29, 0.717) is 28.3 Å². The van der Waals surface area contributed by atoms with E-state index < -0.39 is 18.0 Å². The molecule has 136 valence electrons. The van der Waals surface area contributed by atoms with Gasteiger partial charge in [-0.1, -0.05) is 48.5 Å². The molecule has 0 saturated heterocycles. The second-order valence-corrected chi connectivity index (χ2v) is 6.15. The third-order valence-electron chi connectivity index (χ3n) is 4.42. The van der Waals surface area contributed by atoms with Crippen LogP contribution in [-0.4, -0.2) is 10.9 Å². The fraction of sp³-hybridized carbons (Fsp3) is 0.0952. The van der Waals surface area contributed by atoms with Crippen LogP contribution < -0.4 is 4.90 Å². The molecule has 27 heavy (non-hydrogen) atoms. The van der Waals surface area contributed by atoms with E-state index in [4.69, 9.17) is 0 Å². The van der Waals surface area contributed by atoms with Crippen LogP contribution in [0.1, 0.15) is 22.9 Å². The van der Waals surface area contributed by atoms with Crippen molar-refractivity contribution in [3.05, 3.63) is 95.6 Å². The zero-order valence-electron chi connectivity index (χ0n) is 14.1. The first-order chi connectivity index (χ1) is 12.9. The lowest BCUT2D eigenvalue weighted by molar-refractivity contribution is -0.137. The molecule has 0 fully saturated rings. The molecule has 0 aromatic heterocycles. The molecule has 1 N–H and O–H groups in total. The van der Waals surface area contributed by atoms with Gasteiger partial charge >= 0.3 is 6.18 Å². The number of para-hydroxylation sites is 2. The van der Waals surface area contributed by atoms with Crippen molar-refractivity contribution in [3.8, 4) is 0 Å². The maximum absolute atomic E-state index is 12.9. The largest absolute Gasteiger partial charge is 0.416 e. The quantitative estimate of drug-likeness (QED) is 0.667. The molecule has 0 radical (unpaired) electrons. The van der Waals surface area contributed by atoms with Crippen molar-refractivity contribution in [2.24, 2.45) is 4.99 Å². The second kappa shape index (κ2) is 6.55. The van der Waals surface area contributed by atoms with Gasteiger partial charge in [0, 0.05) is 16.8 Å². The van der Waals surface area contributed by atoms with Crippen LogP contribution in [0.3, 0.4) is 0 Å². The highest BCUT2D eigenvalue weighted by Crippen LogP contribution is 2.38. The number of benzene rings is 3. The van der Waals surface area contributed by atoms with Crippen LogP contribution in [0.5, 0.6) is 0 Å². The fourth-order valence-electron chi connectivity index (χ4n) is 3.09. The summed E-state index contributed by atoms with van der Waals surface area (Å²) in [6.45, 7) is 0. The minimum Gasteiger partial charge on any atom is -0.369 e. The molecule has 3 aromatic rings.